The van der Waals surface area contributed by atoms with E-state index in [1.807, 2.05) is 0 Å². The van der Waals surface area contributed by atoms with E-state index < -0.39 is 36.4 Å². The molecule has 0 spiro atoms. The topological polar surface area (TPSA) is 96.0 Å². The van der Waals surface area contributed by atoms with Crippen LogP contribution in [-0.2, 0) is 33.4 Å². The van der Waals surface area contributed by atoms with Gasteiger partial charge in [-0.1, -0.05) is 31.3 Å². The number of carbonyl (C=O) groups is 4. The molecule has 0 unspecified atom stereocenters. The van der Waals surface area contributed by atoms with Crippen LogP contribution in [0, 0.1) is 5.92 Å². The van der Waals surface area contributed by atoms with Crippen molar-refractivity contribution < 1.29 is 33.4 Å². The van der Waals surface area contributed by atoms with E-state index in [1.165, 1.54) is 13.0 Å². The second kappa shape index (κ2) is 11.7. The number of hydrogen-bond donors (Lipinski definition) is 0. The zero-order valence-electron chi connectivity index (χ0n) is 14.4. The maximum Gasteiger partial charge on any atom is 0.348 e. The van der Waals surface area contributed by atoms with Gasteiger partial charge in [-0.2, -0.15) is 0 Å². The highest BCUT2D eigenvalue weighted by molar-refractivity contribution is 8.13. The van der Waals surface area contributed by atoms with Crippen molar-refractivity contribution in [1.82, 2.24) is 0 Å². The molecule has 0 aliphatic heterocycles. The van der Waals surface area contributed by atoms with Crippen molar-refractivity contribution in [3.8, 4) is 0 Å². The van der Waals surface area contributed by atoms with E-state index in [2.05, 4.69) is 6.58 Å². The van der Waals surface area contributed by atoms with Crippen LogP contribution in [-0.4, -0.2) is 47.6 Å². The molecular formula is C16H24O7S. The van der Waals surface area contributed by atoms with Crippen LogP contribution < -0.4 is 0 Å². The van der Waals surface area contributed by atoms with Crippen molar-refractivity contribution in [1.29, 1.82) is 0 Å². The molecule has 136 valence electrons. The van der Waals surface area contributed by atoms with Crippen molar-refractivity contribution in [2.75, 3.05) is 12.4 Å². The first-order valence-corrected chi connectivity index (χ1v) is 8.46. The Balaban J connectivity index is 4.81. The van der Waals surface area contributed by atoms with Crippen LogP contribution in [0.4, 0.5) is 0 Å². The molecule has 0 aromatic rings. The largest absolute Gasteiger partial charge is 0.463 e. The van der Waals surface area contributed by atoms with Gasteiger partial charge in [0.05, 0.1) is 18.4 Å². The molecule has 0 bridgehead atoms. The van der Waals surface area contributed by atoms with Gasteiger partial charge in [-0.25, -0.2) is 4.79 Å². The van der Waals surface area contributed by atoms with Gasteiger partial charge >= 0.3 is 17.9 Å². The van der Waals surface area contributed by atoms with E-state index in [0.717, 1.165) is 11.8 Å². The van der Waals surface area contributed by atoms with Gasteiger partial charge in [-0.05, 0) is 13.8 Å². The minimum Gasteiger partial charge on any atom is -0.463 e. The van der Waals surface area contributed by atoms with Crippen LogP contribution >= 0.6 is 11.8 Å². The fourth-order valence-corrected chi connectivity index (χ4v) is 2.06. The molecule has 0 saturated carbocycles. The number of rotatable bonds is 10. The van der Waals surface area contributed by atoms with Crippen molar-refractivity contribution >= 4 is 34.8 Å². The summed E-state index contributed by atoms with van der Waals surface area (Å²) < 4.78 is 14.9. The Kier molecular flexibility index (Phi) is 10.8. The van der Waals surface area contributed by atoms with Gasteiger partial charge in [0.2, 0.25) is 6.10 Å². The standard InChI is InChI=1S/C16H24O7S/c1-6-7-21-16(20)13(8-14(18)22-10(2)3)23-15(19)11(4)9-24-12(5)17/h6,10-11,13H,1,7-9H2,2-5H3/t11-,13+/m1/s1. The summed E-state index contributed by atoms with van der Waals surface area (Å²) in [5.41, 5.74) is 0. The average molecular weight is 360 g/mol. The van der Waals surface area contributed by atoms with Gasteiger partial charge in [-0.15, -0.1) is 0 Å². The quantitative estimate of drug-likeness (QED) is 0.331. The summed E-state index contributed by atoms with van der Waals surface area (Å²) in [5.74, 6) is -2.62. The van der Waals surface area contributed by atoms with Crippen molar-refractivity contribution in [2.45, 2.75) is 46.3 Å². The average Bonchev–Trinajstić information content (AvgIpc) is 2.48. The lowest BCUT2D eigenvalue weighted by atomic mass is 10.2. The van der Waals surface area contributed by atoms with Crippen molar-refractivity contribution in [3.63, 3.8) is 0 Å². The first-order chi connectivity index (χ1) is 11.2. The van der Waals surface area contributed by atoms with E-state index in [-0.39, 0.29) is 23.6 Å². The van der Waals surface area contributed by atoms with E-state index in [0.29, 0.717) is 0 Å². The predicted molar refractivity (Wildman–Crippen MR) is 89.2 cm³/mol. The van der Waals surface area contributed by atoms with E-state index >= 15 is 0 Å². The second-order valence-electron chi connectivity index (χ2n) is 5.29. The Morgan fingerprint density at radius 2 is 1.71 bits per heavy atom. The Bertz CT molecular complexity index is 473. The molecule has 24 heavy (non-hydrogen) atoms. The monoisotopic (exact) mass is 360 g/mol. The number of esters is 3. The van der Waals surface area contributed by atoms with Gasteiger partial charge in [0, 0.05) is 12.7 Å². The fraction of sp³-hybridized carbons (Fsp3) is 0.625. The molecule has 0 amide bonds. The summed E-state index contributed by atoms with van der Waals surface area (Å²) in [7, 11) is 0. The Labute approximate surface area is 146 Å². The molecule has 0 rings (SSSR count). The van der Waals surface area contributed by atoms with Crippen LogP contribution in [0.2, 0.25) is 0 Å². The predicted octanol–water partition coefficient (Wildman–Crippen LogP) is 1.88. The summed E-state index contributed by atoms with van der Waals surface area (Å²) in [6.07, 6.45) is -0.834. The minimum absolute atomic E-state index is 0.0676. The fourth-order valence-electron chi connectivity index (χ4n) is 1.44. The number of ether oxygens (including phenoxy) is 3. The highest BCUT2D eigenvalue weighted by Crippen LogP contribution is 2.14. The highest BCUT2D eigenvalue weighted by atomic mass is 32.2. The molecular weight excluding hydrogens is 336 g/mol. The molecule has 0 radical (unpaired) electrons. The lowest BCUT2D eigenvalue weighted by Crippen LogP contribution is -2.34. The molecule has 2 atom stereocenters. The maximum absolute atomic E-state index is 12.0. The van der Waals surface area contributed by atoms with Gasteiger partial charge in [-0.3, -0.25) is 14.4 Å². The third-order valence-corrected chi connectivity index (χ3v) is 3.60. The van der Waals surface area contributed by atoms with Crippen LogP contribution in [0.3, 0.4) is 0 Å². The Morgan fingerprint density at radius 3 is 2.21 bits per heavy atom. The van der Waals surface area contributed by atoms with E-state index in [1.54, 1.807) is 20.8 Å². The summed E-state index contributed by atoms with van der Waals surface area (Å²) >= 11 is 0.979. The van der Waals surface area contributed by atoms with E-state index in [4.69, 9.17) is 14.2 Å². The smallest absolute Gasteiger partial charge is 0.348 e. The van der Waals surface area contributed by atoms with Crippen LogP contribution in [0.5, 0.6) is 0 Å². The number of hydrogen-bond acceptors (Lipinski definition) is 8. The van der Waals surface area contributed by atoms with Crippen LogP contribution in [0.1, 0.15) is 34.1 Å². The Hall–Kier alpha value is -1.83. The van der Waals surface area contributed by atoms with Gasteiger partial charge < -0.3 is 14.2 Å². The normalized spacial score (nSPS) is 12.9. The first kappa shape index (κ1) is 22.2. The van der Waals surface area contributed by atoms with Crippen molar-refractivity contribution in [3.05, 3.63) is 12.7 Å². The first-order valence-electron chi connectivity index (χ1n) is 7.48. The van der Waals surface area contributed by atoms with Crippen LogP contribution in [0.15, 0.2) is 12.7 Å². The summed E-state index contributed by atoms with van der Waals surface area (Å²) in [4.78, 5) is 46.6. The third-order valence-electron chi connectivity index (χ3n) is 2.52. The lowest BCUT2D eigenvalue weighted by molar-refractivity contribution is -0.173. The molecule has 0 N–H and O–H groups in total. The molecule has 8 heteroatoms. The molecule has 0 aromatic carbocycles. The SMILES string of the molecule is C=CCOC(=O)[C@H](CC(=O)OC(C)C)OC(=O)[C@H](C)CSC(C)=O. The lowest BCUT2D eigenvalue weighted by Gasteiger charge is -2.18. The number of thioether (sulfide) groups is 1. The Morgan fingerprint density at radius 1 is 1.08 bits per heavy atom. The summed E-state index contributed by atoms with van der Waals surface area (Å²) in [6, 6.07) is 0. The van der Waals surface area contributed by atoms with E-state index in [9.17, 15) is 19.2 Å². The van der Waals surface area contributed by atoms with Crippen molar-refractivity contribution in [2.24, 2.45) is 5.92 Å². The molecule has 0 fully saturated rings. The number of carbonyl (C=O) groups excluding carboxylic acids is 4. The summed E-state index contributed by atoms with van der Waals surface area (Å²) in [5, 5.41) is -0.128. The molecule has 0 aromatic heterocycles. The minimum atomic E-state index is -1.39. The molecule has 0 aliphatic rings. The molecule has 0 aliphatic carbocycles. The van der Waals surface area contributed by atoms with Gasteiger partial charge in [0.25, 0.3) is 0 Å². The zero-order valence-corrected chi connectivity index (χ0v) is 15.2. The van der Waals surface area contributed by atoms with Gasteiger partial charge in [0.1, 0.15) is 6.61 Å². The van der Waals surface area contributed by atoms with Crippen LogP contribution in [0.25, 0.3) is 0 Å². The highest BCUT2D eigenvalue weighted by Gasteiger charge is 2.30. The van der Waals surface area contributed by atoms with Gasteiger partial charge in [0.15, 0.2) is 5.12 Å². The maximum atomic E-state index is 12.0. The second-order valence-corrected chi connectivity index (χ2v) is 6.49. The summed E-state index contributed by atoms with van der Waals surface area (Å²) in [6.45, 7) is 9.62. The zero-order chi connectivity index (χ0) is 18.7. The molecule has 0 saturated heterocycles. The molecule has 0 heterocycles. The molecule has 7 nitrogen and oxygen atoms in total. The third kappa shape index (κ3) is 10.0.